The van der Waals surface area contributed by atoms with Crippen molar-refractivity contribution >= 4 is 17.9 Å². The highest BCUT2D eigenvalue weighted by atomic mass is 35.5. The molecule has 0 aliphatic carbocycles. The van der Waals surface area contributed by atoms with Gasteiger partial charge in [-0.2, -0.15) is 8.78 Å². The summed E-state index contributed by atoms with van der Waals surface area (Å²) < 4.78 is 24.8. The summed E-state index contributed by atoms with van der Waals surface area (Å²) in [5.74, 6) is 0. The van der Waals surface area contributed by atoms with E-state index in [0.717, 1.165) is 6.07 Å². The Balaban J connectivity index is 3.10. The number of carbonyl (C=O) groups is 1. The van der Waals surface area contributed by atoms with Crippen LogP contribution >= 0.6 is 11.6 Å². The molecule has 0 saturated heterocycles. The van der Waals surface area contributed by atoms with E-state index in [1.54, 1.807) is 0 Å². The van der Waals surface area contributed by atoms with Gasteiger partial charge in [-0.3, -0.25) is 4.79 Å². The van der Waals surface area contributed by atoms with E-state index in [1.807, 2.05) is 0 Å². The Hall–Kier alpha value is -0.960. The Morgan fingerprint density at radius 2 is 2.08 bits per heavy atom. The number of alkyl halides is 3. The molecule has 0 aromatic heterocycles. The number of carbonyl (C=O) groups excluding carboxylic acids is 1. The molecule has 12 heavy (non-hydrogen) atoms. The van der Waals surface area contributed by atoms with Crippen LogP contribution in [0.2, 0.25) is 0 Å². The first-order valence-electron chi connectivity index (χ1n) is 3.16. The van der Waals surface area contributed by atoms with E-state index in [9.17, 15) is 13.6 Å². The Kier molecular flexibility index (Phi) is 2.43. The number of rotatable bonds is 2. The lowest BCUT2D eigenvalue weighted by atomic mass is 10.1. The topological polar surface area (TPSA) is 17.1 Å². The molecule has 64 valence electrons. The zero-order chi connectivity index (χ0) is 9.19. The third kappa shape index (κ3) is 2.01. The minimum atomic E-state index is -3.40. The minimum absolute atomic E-state index is 0.188. The van der Waals surface area contributed by atoms with Gasteiger partial charge in [-0.1, -0.05) is 18.2 Å². The van der Waals surface area contributed by atoms with Crippen molar-refractivity contribution in [2.45, 2.75) is 5.38 Å². The second-order valence-electron chi connectivity index (χ2n) is 2.24. The van der Waals surface area contributed by atoms with Gasteiger partial charge in [0.2, 0.25) is 0 Å². The van der Waals surface area contributed by atoms with Gasteiger partial charge in [0.15, 0.2) is 0 Å². The highest BCUT2D eigenvalue weighted by molar-refractivity contribution is 6.21. The van der Waals surface area contributed by atoms with Crippen molar-refractivity contribution < 1.29 is 13.6 Å². The fraction of sp³-hybridized carbons (Fsp3) is 0.125. The summed E-state index contributed by atoms with van der Waals surface area (Å²) in [6.45, 7) is 0. The zero-order valence-electron chi connectivity index (χ0n) is 5.93. The van der Waals surface area contributed by atoms with Crippen LogP contribution < -0.4 is 0 Å². The highest BCUT2D eigenvalue weighted by Crippen LogP contribution is 2.32. The fourth-order valence-electron chi connectivity index (χ4n) is 0.788. The molecule has 1 rings (SSSR count). The summed E-state index contributed by atoms with van der Waals surface area (Å²) in [6.07, 6.45) is 0.492. The SMILES string of the molecule is O=Cc1cccc(C(F)(F)Cl)c1. The largest absolute Gasteiger partial charge is 0.348 e. The molecule has 0 fully saturated rings. The molecule has 0 N–H and O–H groups in total. The molecule has 0 amide bonds. The maximum absolute atomic E-state index is 12.4. The van der Waals surface area contributed by atoms with Gasteiger partial charge in [0.1, 0.15) is 6.29 Å². The first-order valence-corrected chi connectivity index (χ1v) is 3.54. The van der Waals surface area contributed by atoms with Gasteiger partial charge in [0.05, 0.1) is 0 Å². The van der Waals surface area contributed by atoms with Crippen molar-refractivity contribution in [1.82, 2.24) is 0 Å². The normalized spacial score (nSPS) is 11.2. The van der Waals surface area contributed by atoms with Crippen molar-refractivity contribution in [3.63, 3.8) is 0 Å². The fourth-order valence-corrected chi connectivity index (χ4v) is 0.906. The van der Waals surface area contributed by atoms with Gasteiger partial charge in [0.25, 0.3) is 0 Å². The maximum Gasteiger partial charge on any atom is 0.348 e. The van der Waals surface area contributed by atoms with Crippen molar-refractivity contribution in [3.05, 3.63) is 35.4 Å². The smallest absolute Gasteiger partial charge is 0.298 e. The molecular formula is C8H5ClF2O. The average Bonchev–Trinajstić information content (AvgIpc) is 2.03. The molecule has 0 spiro atoms. The molecule has 1 aromatic carbocycles. The Bertz CT molecular complexity index is 293. The highest BCUT2D eigenvalue weighted by Gasteiger charge is 2.27. The van der Waals surface area contributed by atoms with E-state index < -0.39 is 5.38 Å². The molecule has 0 aliphatic rings. The lowest BCUT2D eigenvalue weighted by Gasteiger charge is -2.07. The van der Waals surface area contributed by atoms with Crippen LogP contribution in [0, 0.1) is 0 Å². The molecular weight excluding hydrogens is 186 g/mol. The van der Waals surface area contributed by atoms with Gasteiger partial charge in [-0.25, -0.2) is 0 Å². The van der Waals surface area contributed by atoms with E-state index in [4.69, 9.17) is 11.6 Å². The van der Waals surface area contributed by atoms with Crippen molar-refractivity contribution in [3.8, 4) is 0 Å². The van der Waals surface area contributed by atoms with E-state index >= 15 is 0 Å². The third-order valence-electron chi connectivity index (χ3n) is 1.35. The summed E-state index contributed by atoms with van der Waals surface area (Å²) in [4.78, 5) is 10.2. The number of halogens is 3. The summed E-state index contributed by atoms with van der Waals surface area (Å²) in [5, 5.41) is -3.40. The van der Waals surface area contributed by atoms with Gasteiger partial charge >= 0.3 is 5.38 Å². The first kappa shape index (κ1) is 9.13. The van der Waals surface area contributed by atoms with Crippen molar-refractivity contribution in [1.29, 1.82) is 0 Å². The number of hydrogen-bond donors (Lipinski definition) is 0. The number of benzene rings is 1. The predicted molar refractivity (Wildman–Crippen MR) is 41.6 cm³/mol. The van der Waals surface area contributed by atoms with Crippen LogP contribution in [0.3, 0.4) is 0 Å². The molecule has 0 unspecified atom stereocenters. The predicted octanol–water partition coefficient (Wildman–Crippen LogP) is 2.79. The van der Waals surface area contributed by atoms with Crippen LogP contribution in [0.4, 0.5) is 8.78 Å². The summed E-state index contributed by atoms with van der Waals surface area (Å²) in [5.41, 5.74) is -0.179. The Labute approximate surface area is 73.0 Å². The second-order valence-corrected chi connectivity index (χ2v) is 2.72. The van der Waals surface area contributed by atoms with Gasteiger partial charge < -0.3 is 0 Å². The van der Waals surface area contributed by atoms with E-state index in [2.05, 4.69) is 0 Å². The maximum atomic E-state index is 12.4. The minimum Gasteiger partial charge on any atom is -0.298 e. The quantitative estimate of drug-likeness (QED) is 0.518. The molecule has 0 saturated carbocycles. The van der Waals surface area contributed by atoms with E-state index in [-0.39, 0.29) is 11.1 Å². The zero-order valence-corrected chi connectivity index (χ0v) is 6.68. The molecule has 0 atom stereocenters. The van der Waals surface area contributed by atoms with Crippen LogP contribution in [0.25, 0.3) is 0 Å². The lowest BCUT2D eigenvalue weighted by Crippen LogP contribution is -2.03. The summed E-state index contributed by atoms with van der Waals surface area (Å²) in [7, 11) is 0. The Morgan fingerprint density at radius 3 is 2.58 bits per heavy atom. The molecule has 0 aliphatic heterocycles. The second kappa shape index (κ2) is 3.19. The van der Waals surface area contributed by atoms with Crippen LogP contribution in [0.1, 0.15) is 15.9 Å². The van der Waals surface area contributed by atoms with Crippen LogP contribution in [0.5, 0.6) is 0 Å². The van der Waals surface area contributed by atoms with E-state index in [0.29, 0.717) is 6.29 Å². The van der Waals surface area contributed by atoms with Crippen LogP contribution in [0.15, 0.2) is 24.3 Å². The lowest BCUT2D eigenvalue weighted by molar-refractivity contribution is 0.0950. The van der Waals surface area contributed by atoms with Crippen molar-refractivity contribution in [2.75, 3.05) is 0 Å². The standard InChI is InChI=1S/C8H5ClF2O/c9-8(10,11)7-3-1-2-6(4-7)5-12/h1-5H. The van der Waals surface area contributed by atoms with Gasteiger partial charge in [-0.15, -0.1) is 0 Å². The Morgan fingerprint density at radius 1 is 1.42 bits per heavy atom. The van der Waals surface area contributed by atoms with Crippen LogP contribution in [-0.4, -0.2) is 6.29 Å². The summed E-state index contributed by atoms with van der Waals surface area (Å²) >= 11 is 4.74. The molecule has 0 radical (unpaired) electrons. The monoisotopic (exact) mass is 190 g/mol. The summed E-state index contributed by atoms with van der Waals surface area (Å²) in [6, 6.07) is 5.01. The third-order valence-corrected chi connectivity index (χ3v) is 1.57. The number of hydrogen-bond acceptors (Lipinski definition) is 1. The van der Waals surface area contributed by atoms with Gasteiger partial charge in [-0.05, 0) is 17.7 Å². The first-order chi connectivity index (χ1) is 5.54. The molecule has 0 heterocycles. The molecule has 1 nitrogen and oxygen atoms in total. The molecule has 0 bridgehead atoms. The van der Waals surface area contributed by atoms with E-state index in [1.165, 1.54) is 18.2 Å². The van der Waals surface area contributed by atoms with Gasteiger partial charge in [0, 0.05) is 11.1 Å². The van der Waals surface area contributed by atoms with Crippen LogP contribution in [-0.2, 0) is 5.38 Å². The number of aldehydes is 1. The average molecular weight is 191 g/mol. The molecule has 1 aromatic rings. The molecule has 4 heteroatoms. The van der Waals surface area contributed by atoms with Crippen molar-refractivity contribution in [2.24, 2.45) is 0 Å².